The molecule has 0 saturated carbocycles. The van der Waals surface area contributed by atoms with E-state index in [0.29, 0.717) is 23.4 Å². The maximum Gasteiger partial charge on any atom is 0.250 e. The molecule has 0 aliphatic carbocycles. The fourth-order valence-corrected chi connectivity index (χ4v) is 2.36. The van der Waals surface area contributed by atoms with E-state index in [2.05, 4.69) is 15.5 Å². The van der Waals surface area contributed by atoms with Crippen LogP contribution in [0, 0.1) is 0 Å². The molecule has 1 N–H and O–H groups in total. The number of ether oxygens (including phenoxy) is 2. The molecule has 0 saturated heterocycles. The Kier molecular flexibility index (Phi) is 6.05. The van der Waals surface area contributed by atoms with Crippen LogP contribution in [0.3, 0.4) is 0 Å². The van der Waals surface area contributed by atoms with E-state index in [4.69, 9.17) is 9.47 Å². The van der Waals surface area contributed by atoms with Gasteiger partial charge in [-0.05, 0) is 30.7 Å². The Hall–Kier alpha value is -2.25. The number of carbonyl (C=O) groups is 1. The molecule has 116 valence electrons. The average Bonchev–Trinajstić information content (AvgIpc) is 2.94. The van der Waals surface area contributed by atoms with E-state index in [9.17, 15) is 4.79 Å². The Balaban J connectivity index is 1.89. The van der Waals surface area contributed by atoms with Crippen LogP contribution in [0.4, 0.5) is 5.13 Å². The normalized spacial score (nSPS) is 10.8. The van der Waals surface area contributed by atoms with Gasteiger partial charge < -0.3 is 9.47 Å². The highest BCUT2D eigenvalue weighted by atomic mass is 32.1. The zero-order chi connectivity index (χ0) is 15.8. The molecule has 0 radical (unpaired) electrons. The first kappa shape index (κ1) is 16.1. The highest BCUT2D eigenvalue weighted by Gasteiger charge is 2.05. The number of hydrogen-bond acceptors (Lipinski definition) is 6. The molecule has 2 aromatic rings. The fraction of sp³-hybridized carbons (Fsp3) is 0.267. The van der Waals surface area contributed by atoms with Gasteiger partial charge in [-0.2, -0.15) is 0 Å². The minimum Gasteiger partial charge on any atom is -0.494 e. The molecule has 7 heteroatoms. The summed E-state index contributed by atoms with van der Waals surface area (Å²) in [4.78, 5) is 11.8. The molecule has 1 amide bonds. The Morgan fingerprint density at radius 3 is 2.77 bits per heavy atom. The number of carbonyl (C=O) groups excluding carboxylic acids is 1. The lowest BCUT2D eigenvalue weighted by Gasteiger charge is -2.02. The van der Waals surface area contributed by atoms with Crippen molar-refractivity contribution in [2.75, 3.05) is 19.0 Å². The fourth-order valence-electron chi connectivity index (χ4n) is 1.65. The van der Waals surface area contributed by atoms with Crippen LogP contribution in [0.15, 0.2) is 30.3 Å². The maximum atomic E-state index is 11.8. The zero-order valence-corrected chi connectivity index (χ0v) is 13.2. The second kappa shape index (κ2) is 8.26. The van der Waals surface area contributed by atoms with Crippen molar-refractivity contribution in [1.82, 2.24) is 10.2 Å². The van der Waals surface area contributed by atoms with Crippen LogP contribution in [0.2, 0.25) is 0 Å². The second-order valence-corrected chi connectivity index (χ2v) is 5.32. The quantitative estimate of drug-likeness (QED) is 0.794. The number of aromatic nitrogens is 2. The minimum atomic E-state index is -0.256. The first-order valence-corrected chi connectivity index (χ1v) is 7.56. The molecule has 6 nitrogen and oxygen atoms in total. The lowest BCUT2D eigenvalue weighted by atomic mass is 10.2. The molecule has 0 bridgehead atoms. The largest absolute Gasteiger partial charge is 0.494 e. The van der Waals surface area contributed by atoms with Gasteiger partial charge in [0.05, 0.1) is 6.61 Å². The number of benzene rings is 1. The van der Waals surface area contributed by atoms with Gasteiger partial charge in [-0.1, -0.05) is 23.5 Å². The molecule has 1 heterocycles. The van der Waals surface area contributed by atoms with Crippen LogP contribution in [0.25, 0.3) is 6.08 Å². The topological polar surface area (TPSA) is 73.3 Å². The molecule has 0 aliphatic rings. The number of nitrogens with zero attached hydrogens (tertiary/aromatic N) is 2. The van der Waals surface area contributed by atoms with E-state index >= 15 is 0 Å². The van der Waals surface area contributed by atoms with Crippen LogP contribution in [-0.4, -0.2) is 29.8 Å². The van der Waals surface area contributed by atoms with Crippen LogP contribution in [-0.2, 0) is 16.1 Å². The average molecular weight is 319 g/mol. The predicted octanol–water partition coefficient (Wildman–Crippen LogP) is 2.74. The van der Waals surface area contributed by atoms with Crippen LogP contribution >= 0.6 is 11.3 Å². The number of nitrogens with one attached hydrogen (secondary N) is 1. The Labute approximate surface area is 132 Å². The summed E-state index contributed by atoms with van der Waals surface area (Å²) in [5.41, 5.74) is 0.913. The number of hydrogen-bond donors (Lipinski definition) is 1. The van der Waals surface area contributed by atoms with Crippen molar-refractivity contribution in [2.45, 2.75) is 13.5 Å². The van der Waals surface area contributed by atoms with Crippen molar-refractivity contribution < 1.29 is 14.3 Å². The molecular weight excluding hydrogens is 302 g/mol. The summed E-state index contributed by atoms with van der Waals surface area (Å²) in [5, 5.41) is 11.6. The summed E-state index contributed by atoms with van der Waals surface area (Å²) in [5.74, 6) is 0.553. The lowest BCUT2D eigenvalue weighted by Crippen LogP contribution is -2.07. The van der Waals surface area contributed by atoms with Crippen LogP contribution in [0.5, 0.6) is 5.75 Å². The highest BCUT2D eigenvalue weighted by Crippen LogP contribution is 2.16. The monoisotopic (exact) mass is 319 g/mol. The third-order valence-electron chi connectivity index (χ3n) is 2.58. The zero-order valence-electron chi connectivity index (χ0n) is 12.4. The first-order chi connectivity index (χ1) is 10.7. The molecule has 0 unspecified atom stereocenters. The summed E-state index contributed by atoms with van der Waals surface area (Å²) in [6.45, 7) is 2.95. The summed E-state index contributed by atoms with van der Waals surface area (Å²) in [6, 6.07) is 7.50. The van der Waals surface area contributed by atoms with E-state index in [1.807, 2.05) is 31.2 Å². The van der Waals surface area contributed by atoms with Gasteiger partial charge >= 0.3 is 0 Å². The van der Waals surface area contributed by atoms with Crippen molar-refractivity contribution in [1.29, 1.82) is 0 Å². The number of amides is 1. The van der Waals surface area contributed by atoms with Crippen molar-refractivity contribution in [3.63, 3.8) is 0 Å². The molecule has 0 spiro atoms. The molecule has 1 aromatic heterocycles. The van der Waals surface area contributed by atoms with E-state index < -0.39 is 0 Å². The van der Waals surface area contributed by atoms with Crippen molar-refractivity contribution >= 4 is 28.5 Å². The predicted molar refractivity (Wildman–Crippen MR) is 85.9 cm³/mol. The summed E-state index contributed by atoms with van der Waals surface area (Å²) >= 11 is 1.29. The molecule has 1 aromatic carbocycles. The molecule has 0 aliphatic heterocycles. The number of anilines is 1. The van der Waals surface area contributed by atoms with E-state index in [1.165, 1.54) is 17.4 Å². The van der Waals surface area contributed by atoms with E-state index in [-0.39, 0.29) is 5.91 Å². The number of methoxy groups -OCH3 is 1. The maximum absolute atomic E-state index is 11.8. The van der Waals surface area contributed by atoms with Crippen molar-refractivity contribution in [3.8, 4) is 5.75 Å². The SMILES string of the molecule is CCOc1ccc(/C=C/C(=O)Nc2nnc(COC)s2)cc1. The number of rotatable bonds is 7. The molecular formula is C15H17N3O3S. The lowest BCUT2D eigenvalue weighted by molar-refractivity contribution is -0.111. The molecule has 0 atom stereocenters. The molecule has 2 rings (SSSR count). The summed E-state index contributed by atoms with van der Waals surface area (Å²) in [7, 11) is 1.58. The van der Waals surface area contributed by atoms with E-state index in [0.717, 1.165) is 11.3 Å². The third-order valence-corrected chi connectivity index (χ3v) is 3.40. The van der Waals surface area contributed by atoms with Gasteiger partial charge in [-0.3, -0.25) is 10.1 Å². The van der Waals surface area contributed by atoms with Crippen molar-refractivity contribution in [2.24, 2.45) is 0 Å². The van der Waals surface area contributed by atoms with Crippen molar-refractivity contribution in [3.05, 3.63) is 40.9 Å². The second-order valence-electron chi connectivity index (χ2n) is 4.26. The Bertz CT molecular complexity index is 638. The van der Waals surface area contributed by atoms with E-state index in [1.54, 1.807) is 13.2 Å². The van der Waals surface area contributed by atoms with Gasteiger partial charge in [0.25, 0.3) is 0 Å². The van der Waals surface area contributed by atoms with Gasteiger partial charge in [0.2, 0.25) is 11.0 Å². The first-order valence-electron chi connectivity index (χ1n) is 6.74. The highest BCUT2D eigenvalue weighted by molar-refractivity contribution is 7.15. The Morgan fingerprint density at radius 2 is 2.09 bits per heavy atom. The standard InChI is InChI=1S/C15H17N3O3S/c1-3-21-12-7-4-11(5-8-12)6-9-13(19)16-15-18-17-14(22-15)10-20-2/h4-9H,3,10H2,1-2H3,(H,16,18,19)/b9-6+. The Morgan fingerprint density at radius 1 is 1.32 bits per heavy atom. The van der Waals surface area contributed by atoms with Gasteiger partial charge in [0.1, 0.15) is 17.4 Å². The third kappa shape index (κ3) is 4.94. The molecule has 0 fully saturated rings. The summed E-state index contributed by atoms with van der Waals surface area (Å²) in [6.07, 6.45) is 3.18. The van der Waals surface area contributed by atoms with Crippen LogP contribution < -0.4 is 10.1 Å². The van der Waals surface area contributed by atoms with Gasteiger partial charge in [0, 0.05) is 13.2 Å². The van der Waals surface area contributed by atoms with Gasteiger partial charge in [-0.25, -0.2) is 0 Å². The van der Waals surface area contributed by atoms with Gasteiger partial charge in [-0.15, -0.1) is 10.2 Å². The van der Waals surface area contributed by atoms with Gasteiger partial charge in [0.15, 0.2) is 0 Å². The minimum absolute atomic E-state index is 0.256. The van der Waals surface area contributed by atoms with Crippen LogP contribution in [0.1, 0.15) is 17.5 Å². The summed E-state index contributed by atoms with van der Waals surface area (Å²) < 4.78 is 10.3. The smallest absolute Gasteiger partial charge is 0.250 e. The molecule has 22 heavy (non-hydrogen) atoms.